The number of ether oxygens (including phenoxy) is 1. The zero-order valence-corrected chi connectivity index (χ0v) is 11.7. The predicted octanol–water partition coefficient (Wildman–Crippen LogP) is 1.50. The van der Waals surface area contributed by atoms with Crippen LogP contribution in [0.2, 0.25) is 0 Å². The highest BCUT2D eigenvalue weighted by molar-refractivity contribution is 6.50. The SMILES string of the molecule is O=C(OCc1ccccc1)N1C2C=C(B(O)O)CC1CC2. The maximum atomic E-state index is 12.3. The van der Waals surface area contributed by atoms with Crippen molar-refractivity contribution < 1.29 is 19.6 Å². The van der Waals surface area contributed by atoms with E-state index in [1.807, 2.05) is 30.3 Å². The predicted molar refractivity (Wildman–Crippen MR) is 78.2 cm³/mol. The van der Waals surface area contributed by atoms with Gasteiger partial charge in [0.05, 0.1) is 6.04 Å². The summed E-state index contributed by atoms with van der Waals surface area (Å²) in [7, 11) is -1.42. The van der Waals surface area contributed by atoms with Gasteiger partial charge in [-0.3, -0.25) is 4.90 Å². The molecule has 21 heavy (non-hydrogen) atoms. The van der Waals surface area contributed by atoms with Crippen LogP contribution < -0.4 is 0 Å². The number of nitrogens with zero attached hydrogens (tertiary/aromatic N) is 1. The second kappa shape index (κ2) is 5.91. The lowest BCUT2D eigenvalue weighted by atomic mass is 9.74. The molecule has 0 aliphatic carbocycles. The van der Waals surface area contributed by atoms with Gasteiger partial charge in [-0.2, -0.15) is 0 Å². The third-order valence-corrected chi connectivity index (χ3v) is 4.17. The minimum absolute atomic E-state index is 0.0140. The molecule has 0 aromatic heterocycles. The van der Waals surface area contributed by atoms with Crippen molar-refractivity contribution in [2.24, 2.45) is 0 Å². The highest BCUT2D eigenvalue weighted by Gasteiger charge is 2.42. The fraction of sp³-hybridized carbons (Fsp3) is 0.400. The van der Waals surface area contributed by atoms with Crippen LogP contribution in [0.15, 0.2) is 41.9 Å². The Labute approximate surface area is 124 Å². The van der Waals surface area contributed by atoms with Crippen LogP contribution in [0.25, 0.3) is 0 Å². The number of rotatable bonds is 3. The van der Waals surface area contributed by atoms with Gasteiger partial charge < -0.3 is 14.8 Å². The van der Waals surface area contributed by atoms with Crippen LogP contribution in [-0.4, -0.2) is 40.2 Å². The number of amides is 1. The normalized spacial score (nSPS) is 23.7. The first-order valence-electron chi connectivity index (χ1n) is 7.21. The fourth-order valence-corrected chi connectivity index (χ4v) is 3.13. The largest absolute Gasteiger partial charge is 0.483 e. The van der Waals surface area contributed by atoms with Crippen molar-refractivity contribution in [2.45, 2.75) is 38.0 Å². The first-order valence-corrected chi connectivity index (χ1v) is 7.21. The van der Waals surface area contributed by atoms with Gasteiger partial charge in [-0.15, -0.1) is 0 Å². The fourth-order valence-electron chi connectivity index (χ4n) is 3.13. The van der Waals surface area contributed by atoms with E-state index in [1.54, 1.807) is 11.0 Å². The van der Waals surface area contributed by atoms with Crippen molar-refractivity contribution in [3.63, 3.8) is 0 Å². The van der Waals surface area contributed by atoms with Gasteiger partial charge in [0, 0.05) is 6.04 Å². The van der Waals surface area contributed by atoms with E-state index in [-0.39, 0.29) is 24.8 Å². The van der Waals surface area contributed by atoms with E-state index in [4.69, 9.17) is 4.74 Å². The van der Waals surface area contributed by atoms with Gasteiger partial charge in [0.2, 0.25) is 0 Å². The van der Waals surface area contributed by atoms with E-state index in [9.17, 15) is 14.8 Å². The Kier molecular flexibility index (Phi) is 3.99. The van der Waals surface area contributed by atoms with Crippen molar-refractivity contribution in [1.82, 2.24) is 4.90 Å². The number of hydrogen-bond acceptors (Lipinski definition) is 4. The summed E-state index contributed by atoms with van der Waals surface area (Å²) in [4.78, 5) is 14.0. The van der Waals surface area contributed by atoms with Crippen LogP contribution in [0.4, 0.5) is 4.79 Å². The van der Waals surface area contributed by atoms with E-state index < -0.39 is 7.12 Å². The number of carbonyl (C=O) groups is 1. The molecule has 6 heteroatoms. The van der Waals surface area contributed by atoms with Crippen LogP contribution in [0.3, 0.4) is 0 Å². The van der Waals surface area contributed by atoms with Gasteiger partial charge in [0.15, 0.2) is 0 Å². The zero-order valence-electron chi connectivity index (χ0n) is 11.7. The summed E-state index contributed by atoms with van der Waals surface area (Å²) in [6.45, 7) is 0.259. The quantitative estimate of drug-likeness (QED) is 0.826. The summed E-state index contributed by atoms with van der Waals surface area (Å²) in [5.74, 6) is 0. The molecule has 2 bridgehead atoms. The average molecular weight is 287 g/mol. The van der Waals surface area contributed by atoms with Gasteiger partial charge in [-0.05, 0) is 30.3 Å². The van der Waals surface area contributed by atoms with E-state index in [0.29, 0.717) is 11.9 Å². The molecule has 0 radical (unpaired) electrons. The lowest BCUT2D eigenvalue weighted by Gasteiger charge is -2.33. The zero-order chi connectivity index (χ0) is 14.8. The van der Waals surface area contributed by atoms with E-state index in [0.717, 1.165) is 18.4 Å². The summed E-state index contributed by atoms with van der Waals surface area (Å²) in [6.07, 6.45) is 3.69. The Hall–Kier alpha value is -1.79. The summed E-state index contributed by atoms with van der Waals surface area (Å²) in [6, 6.07) is 9.50. The molecule has 0 spiro atoms. The van der Waals surface area contributed by atoms with Crippen molar-refractivity contribution in [2.75, 3.05) is 0 Å². The molecule has 2 N–H and O–H groups in total. The van der Waals surface area contributed by atoms with Gasteiger partial charge in [0.25, 0.3) is 0 Å². The summed E-state index contributed by atoms with van der Waals surface area (Å²) >= 11 is 0. The minimum atomic E-state index is -1.42. The molecule has 0 saturated carbocycles. The first kappa shape index (κ1) is 14.2. The van der Waals surface area contributed by atoms with Crippen LogP contribution in [0.1, 0.15) is 24.8 Å². The monoisotopic (exact) mass is 287 g/mol. The molecule has 2 aliphatic rings. The summed E-state index contributed by atoms with van der Waals surface area (Å²) in [5.41, 5.74) is 1.56. The molecule has 1 aromatic carbocycles. The van der Waals surface area contributed by atoms with Gasteiger partial charge in [-0.25, -0.2) is 4.79 Å². The number of benzene rings is 1. The minimum Gasteiger partial charge on any atom is -0.445 e. The van der Waals surface area contributed by atoms with Gasteiger partial charge in [-0.1, -0.05) is 36.4 Å². The van der Waals surface area contributed by atoms with Crippen LogP contribution in [0.5, 0.6) is 0 Å². The molecule has 2 heterocycles. The smallest absolute Gasteiger partial charge is 0.445 e. The summed E-state index contributed by atoms with van der Waals surface area (Å²) in [5, 5.41) is 18.5. The van der Waals surface area contributed by atoms with E-state index in [2.05, 4.69) is 0 Å². The van der Waals surface area contributed by atoms with Gasteiger partial charge >= 0.3 is 13.2 Å². The third kappa shape index (κ3) is 2.96. The molecular weight excluding hydrogens is 269 g/mol. The molecular formula is C15H18BNO4. The summed E-state index contributed by atoms with van der Waals surface area (Å²) < 4.78 is 5.38. The Morgan fingerprint density at radius 3 is 2.71 bits per heavy atom. The molecule has 2 aliphatic heterocycles. The Balaban J connectivity index is 1.64. The van der Waals surface area contributed by atoms with Crippen LogP contribution >= 0.6 is 0 Å². The topological polar surface area (TPSA) is 70.0 Å². The van der Waals surface area contributed by atoms with Gasteiger partial charge in [0.1, 0.15) is 6.61 Å². The molecule has 3 rings (SSSR count). The second-order valence-electron chi connectivity index (χ2n) is 5.57. The van der Waals surface area contributed by atoms with E-state index >= 15 is 0 Å². The first-order chi connectivity index (χ1) is 10.1. The molecule has 1 fully saturated rings. The standard InChI is InChI=1S/C15H18BNO4/c18-15(21-10-11-4-2-1-3-5-11)17-13-6-7-14(17)9-12(8-13)16(19)20/h1-5,8,13-14,19-20H,6-7,9-10H2. The number of hydrogen-bond donors (Lipinski definition) is 2. The Morgan fingerprint density at radius 2 is 2.05 bits per heavy atom. The molecule has 2 atom stereocenters. The Bertz CT molecular complexity index is 546. The lowest BCUT2D eigenvalue weighted by molar-refractivity contribution is 0.0818. The maximum absolute atomic E-state index is 12.3. The molecule has 1 saturated heterocycles. The van der Waals surface area contributed by atoms with Crippen molar-refractivity contribution in [3.8, 4) is 0 Å². The Morgan fingerprint density at radius 1 is 1.29 bits per heavy atom. The molecule has 5 nitrogen and oxygen atoms in total. The molecule has 2 unspecified atom stereocenters. The van der Waals surface area contributed by atoms with Crippen LogP contribution in [-0.2, 0) is 11.3 Å². The molecule has 110 valence electrons. The molecule has 1 amide bonds. The number of carbonyl (C=O) groups excluding carboxylic acids is 1. The lowest BCUT2D eigenvalue weighted by Crippen LogP contribution is -2.45. The average Bonchev–Trinajstić information content (AvgIpc) is 2.75. The highest BCUT2D eigenvalue weighted by Crippen LogP contribution is 2.35. The number of fused-ring (bicyclic) bond motifs is 2. The second-order valence-corrected chi connectivity index (χ2v) is 5.57. The van der Waals surface area contributed by atoms with E-state index in [1.165, 1.54) is 0 Å². The van der Waals surface area contributed by atoms with Crippen molar-refractivity contribution in [1.29, 1.82) is 0 Å². The highest BCUT2D eigenvalue weighted by atomic mass is 16.6. The van der Waals surface area contributed by atoms with Crippen molar-refractivity contribution in [3.05, 3.63) is 47.4 Å². The van der Waals surface area contributed by atoms with Crippen molar-refractivity contribution >= 4 is 13.2 Å². The molecule has 1 aromatic rings. The third-order valence-electron chi connectivity index (χ3n) is 4.17. The maximum Gasteiger partial charge on any atom is 0.483 e. The van der Waals surface area contributed by atoms with Crippen LogP contribution in [0, 0.1) is 0 Å².